The van der Waals surface area contributed by atoms with Crippen LogP contribution in [-0.4, -0.2) is 47.9 Å². The molecule has 2 heterocycles. The molecule has 1 atom stereocenters. The third-order valence-electron chi connectivity index (χ3n) is 5.86. The van der Waals surface area contributed by atoms with Gasteiger partial charge in [0.15, 0.2) is 0 Å². The van der Waals surface area contributed by atoms with Crippen LogP contribution in [0.5, 0.6) is 5.75 Å². The summed E-state index contributed by atoms with van der Waals surface area (Å²) in [5.41, 5.74) is 1.72. The Balaban J connectivity index is 1.52. The van der Waals surface area contributed by atoms with Crippen LogP contribution < -0.4 is 4.74 Å². The van der Waals surface area contributed by atoms with Crippen molar-refractivity contribution in [2.75, 3.05) is 26.2 Å². The van der Waals surface area contributed by atoms with Gasteiger partial charge in [-0.25, -0.2) is 0 Å². The van der Waals surface area contributed by atoms with Crippen LogP contribution in [0.4, 0.5) is 0 Å². The van der Waals surface area contributed by atoms with E-state index in [1.807, 2.05) is 35.2 Å². The lowest BCUT2D eigenvalue weighted by atomic mass is 10.00. The Bertz CT molecular complexity index is 1110. The molecule has 1 aromatic heterocycles. The summed E-state index contributed by atoms with van der Waals surface area (Å²) in [4.78, 5) is 31.6. The molecule has 0 spiro atoms. The summed E-state index contributed by atoms with van der Waals surface area (Å²) in [5, 5.41) is 2.72. The van der Waals surface area contributed by atoms with E-state index in [9.17, 15) is 9.59 Å². The highest BCUT2D eigenvalue weighted by Gasteiger charge is 2.33. The number of ether oxygens (including phenoxy) is 1. The van der Waals surface area contributed by atoms with E-state index in [1.54, 1.807) is 40.5 Å². The maximum atomic E-state index is 13.6. The van der Waals surface area contributed by atoms with Crippen molar-refractivity contribution in [1.29, 1.82) is 0 Å². The molecular weight excluding hydrogens is 468 g/mol. The Kier molecular flexibility index (Phi) is 7.91. The molecule has 0 radical (unpaired) electrons. The van der Waals surface area contributed by atoms with Gasteiger partial charge in [0.2, 0.25) is 5.91 Å². The van der Waals surface area contributed by atoms with Gasteiger partial charge in [0.25, 0.3) is 5.91 Å². The minimum absolute atomic E-state index is 0.0445. The molecule has 0 aliphatic carbocycles. The van der Waals surface area contributed by atoms with Gasteiger partial charge in [0, 0.05) is 28.6 Å². The van der Waals surface area contributed by atoms with Crippen LogP contribution in [0.1, 0.15) is 40.7 Å². The van der Waals surface area contributed by atoms with Crippen LogP contribution in [-0.2, 0) is 11.2 Å². The number of hydrogen-bond donors (Lipinski definition) is 0. The van der Waals surface area contributed by atoms with E-state index in [2.05, 4.69) is 25.3 Å². The van der Waals surface area contributed by atoms with Crippen molar-refractivity contribution in [2.45, 2.75) is 26.3 Å². The molecule has 1 aliphatic heterocycles. The maximum absolute atomic E-state index is 13.6. The van der Waals surface area contributed by atoms with E-state index in [-0.39, 0.29) is 30.3 Å². The van der Waals surface area contributed by atoms with Gasteiger partial charge in [-0.15, -0.1) is 11.3 Å². The number of carbonyl (C=O) groups excluding carboxylic acids is 2. The lowest BCUT2D eigenvalue weighted by Crippen LogP contribution is -2.48. The average molecular weight is 497 g/mol. The van der Waals surface area contributed by atoms with Crippen molar-refractivity contribution in [2.24, 2.45) is 5.92 Å². The van der Waals surface area contributed by atoms with Gasteiger partial charge in [-0.05, 0) is 65.7 Å². The number of amides is 2. The molecule has 7 heteroatoms. The van der Waals surface area contributed by atoms with E-state index >= 15 is 0 Å². The van der Waals surface area contributed by atoms with Crippen molar-refractivity contribution in [3.8, 4) is 5.75 Å². The predicted molar refractivity (Wildman–Crippen MR) is 137 cm³/mol. The van der Waals surface area contributed by atoms with Crippen molar-refractivity contribution in [3.05, 3.63) is 87.1 Å². The molecule has 2 aromatic carbocycles. The van der Waals surface area contributed by atoms with E-state index in [1.165, 1.54) is 4.88 Å². The molecule has 0 saturated heterocycles. The highest BCUT2D eigenvalue weighted by atomic mass is 35.5. The Morgan fingerprint density at radius 1 is 1.12 bits per heavy atom. The topological polar surface area (TPSA) is 49.9 Å². The third kappa shape index (κ3) is 5.80. The van der Waals surface area contributed by atoms with Gasteiger partial charge in [0.05, 0.1) is 6.04 Å². The maximum Gasteiger partial charge on any atom is 0.254 e. The minimum atomic E-state index is -0.203. The molecule has 0 saturated carbocycles. The SMILES string of the molecule is CC(C)CN(CC(=O)N1CCc2sccc2[C@H]1COc1ccc(Cl)cc1)C(=O)c1ccccc1. The first-order valence-electron chi connectivity index (χ1n) is 11.5. The Hall–Kier alpha value is -2.83. The van der Waals surface area contributed by atoms with E-state index < -0.39 is 0 Å². The largest absolute Gasteiger partial charge is 0.491 e. The van der Waals surface area contributed by atoms with E-state index in [4.69, 9.17) is 16.3 Å². The van der Waals surface area contributed by atoms with Crippen molar-refractivity contribution >= 4 is 34.8 Å². The average Bonchev–Trinajstić information content (AvgIpc) is 3.32. The summed E-state index contributed by atoms with van der Waals surface area (Å²) in [5.74, 6) is 0.769. The molecule has 0 unspecified atom stereocenters. The van der Waals surface area contributed by atoms with E-state index in [0.717, 1.165) is 12.0 Å². The standard InChI is InChI=1S/C27H29ClN2O3S/c1-19(2)16-29(27(32)20-6-4-3-5-7-20)17-26(31)30-14-12-25-23(13-15-34-25)24(30)18-33-22-10-8-21(28)9-11-22/h3-11,13,15,19,24H,12,14,16-18H2,1-2H3/t24-/m1/s1. The number of nitrogens with zero attached hydrogens (tertiary/aromatic N) is 2. The lowest BCUT2D eigenvalue weighted by molar-refractivity contribution is -0.135. The third-order valence-corrected chi connectivity index (χ3v) is 7.10. The molecule has 178 valence electrons. The highest BCUT2D eigenvalue weighted by Crippen LogP contribution is 2.34. The summed E-state index contributed by atoms with van der Waals surface area (Å²) < 4.78 is 6.07. The summed E-state index contributed by atoms with van der Waals surface area (Å²) in [6.45, 7) is 5.61. The molecule has 2 amide bonds. The van der Waals surface area contributed by atoms with Gasteiger partial charge < -0.3 is 14.5 Å². The summed E-state index contributed by atoms with van der Waals surface area (Å²) in [6.07, 6.45) is 0.812. The van der Waals surface area contributed by atoms with Crippen molar-refractivity contribution in [1.82, 2.24) is 9.80 Å². The molecule has 0 bridgehead atoms. The zero-order valence-corrected chi connectivity index (χ0v) is 21.0. The van der Waals surface area contributed by atoms with E-state index in [0.29, 0.717) is 36.0 Å². The summed E-state index contributed by atoms with van der Waals surface area (Å²) >= 11 is 7.71. The van der Waals surface area contributed by atoms with Gasteiger partial charge in [-0.3, -0.25) is 9.59 Å². The fourth-order valence-electron chi connectivity index (χ4n) is 4.26. The first-order chi connectivity index (χ1) is 16.4. The van der Waals surface area contributed by atoms with Crippen LogP contribution in [0.15, 0.2) is 66.0 Å². The first-order valence-corrected chi connectivity index (χ1v) is 12.8. The Morgan fingerprint density at radius 2 is 1.85 bits per heavy atom. The monoisotopic (exact) mass is 496 g/mol. The zero-order chi connectivity index (χ0) is 24.1. The fraction of sp³-hybridized carbons (Fsp3) is 0.333. The predicted octanol–water partition coefficient (Wildman–Crippen LogP) is 5.70. The van der Waals surface area contributed by atoms with Crippen LogP contribution in [0, 0.1) is 5.92 Å². The number of rotatable bonds is 8. The Morgan fingerprint density at radius 3 is 2.56 bits per heavy atom. The second-order valence-electron chi connectivity index (χ2n) is 8.86. The number of fused-ring (bicyclic) bond motifs is 1. The molecule has 34 heavy (non-hydrogen) atoms. The first kappa shape index (κ1) is 24.3. The van der Waals surface area contributed by atoms with Crippen LogP contribution in [0.25, 0.3) is 0 Å². The number of thiophene rings is 1. The number of halogens is 1. The minimum Gasteiger partial charge on any atom is -0.491 e. The van der Waals surface area contributed by atoms with Gasteiger partial charge >= 0.3 is 0 Å². The quantitative estimate of drug-likeness (QED) is 0.401. The number of benzene rings is 2. The lowest BCUT2D eigenvalue weighted by Gasteiger charge is -2.37. The molecule has 0 fully saturated rings. The van der Waals surface area contributed by atoms with Crippen molar-refractivity contribution in [3.63, 3.8) is 0 Å². The summed E-state index contributed by atoms with van der Waals surface area (Å²) in [7, 11) is 0. The molecule has 3 aromatic rings. The van der Waals surface area contributed by atoms with Crippen molar-refractivity contribution < 1.29 is 14.3 Å². The van der Waals surface area contributed by atoms with Crippen LogP contribution in [0.3, 0.4) is 0 Å². The molecule has 0 N–H and O–H groups in total. The number of hydrogen-bond acceptors (Lipinski definition) is 4. The molecular formula is C27H29ClN2O3S. The normalized spacial score (nSPS) is 15.2. The van der Waals surface area contributed by atoms with Crippen LogP contribution >= 0.6 is 22.9 Å². The highest BCUT2D eigenvalue weighted by molar-refractivity contribution is 7.10. The fourth-order valence-corrected chi connectivity index (χ4v) is 5.31. The molecule has 5 nitrogen and oxygen atoms in total. The number of carbonyl (C=O) groups is 2. The molecule has 1 aliphatic rings. The zero-order valence-electron chi connectivity index (χ0n) is 19.4. The van der Waals surface area contributed by atoms with Crippen LogP contribution in [0.2, 0.25) is 5.02 Å². The smallest absolute Gasteiger partial charge is 0.254 e. The van der Waals surface area contributed by atoms with Gasteiger partial charge in [0.1, 0.15) is 18.9 Å². The Labute approximate surface area is 209 Å². The molecule has 4 rings (SSSR count). The second-order valence-corrected chi connectivity index (χ2v) is 10.3. The van der Waals surface area contributed by atoms with Gasteiger partial charge in [-0.1, -0.05) is 43.6 Å². The van der Waals surface area contributed by atoms with Gasteiger partial charge in [-0.2, -0.15) is 0 Å². The summed E-state index contributed by atoms with van der Waals surface area (Å²) in [6, 6.07) is 18.3. The second kappa shape index (κ2) is 11.1.